The minimum Gasteiger partial charge on any atom is -0.467 e. The quantitative estimate of drug-likeness (QED) is 0.641. The van der Waals surface area contributed by atoms with E-state index in [0.717, 1.165) is 0 Å². The molecule has 0 saturated carbocycles. The van der Waals surface area contributed by atoms with Crippen molar-refractivity contribution < 1.29 is 32.4 Å². The van der Waals surface area contributed by atoms with Crippen LogP contribution in [0.25, 0.3) is 0 Å². The van der Waals surface area contributed by atoms with E-state index < -0.39 is 46.5 Å². The van der Waals surface area contributed by atoms with Gasteiger partial charge in [0.1, 0.15) is 17.4 Å². The SMILES string of the molecule is O=C(NC(CO)c1ccco1)c1ccc(C(F)(F)F)cc1[N+](=O)[O-]. The van der Waals surface area contributed by atoms with E-state index in [1.807, 2.05) is 0 Å². The zero-order valence-corrected chi connectivity index (χ0v) is 11.9. The maximum atomic E-state index is 12.6. The summed E-state index contributed by atoms with van der Waals surface area (Å²) in [4.78, 5) is 22.0. The molecule has 1 atom stereocenters. The Labute approximate surface area is 132 Å². The summed E-state index contributed by atoms with van der Waals surface area (Å²) in [5.74, 6) is -0.814. The summed E-state index contributed by atoms with van der Waals surface area (Å²) in [6, 6.07) is 3.55. The predicted molar refractivity (Wildman–Crippen MR) is 74.1 cm³/mol. The Balaban J connectivity index is 2.33. The Morgan fingerprint density at radius 1 is 1.38 bits per heavy atom. The monoisotopic (exact) mass is 344 g/mol. The van der Waals surface area contributed by atoms with Gasteiger partial charge in [0.05, 0.1) is 23.4 Å². The third-order valence-corrected chi connectivity index (χ3v) is 3.14. The molecule has 24 heavy (non-hydrogen) atoms. The van der Waals surface area contributed by atoms with E-state index in [9.17, 15) is 33.2 Å². The van der Waals surface area contributed by atoms with Gasteiger partial charge >= 0.3 is 6.18 Å². The second-order valence-corrected chi connectivity index (χ2v) is 4.71. The van der Waals surface area contributed by atoms with Crippen LogP contribution in [0.1, 0.15) is 27.7 Å². The molecular weight excluding hydrogens is 333 g/mol. The molecule has 7 nitrogen and oxygen atoms in total. The summed E-state index contributed by atoms with van der Waals surface area (Å²) in [5.41, 5.74) is -2.79. The van der Waals surface area contributed by atoms with Crippen LogP contribution in [0.5, 0.6) is 0 Å². The molecule has 0 bridgehead atoms. The molecule has 0 aliphatic rings. The molecule has 2 aromatic rings. The maximum absolute atomic E-state index is 12.6. The Bertz CT molecular complexity index is 743. The van der Waals surface area contributed by atoms with Gasteiger partial charge in [0.25, 0.3) is 11.6 Å². The number of halogens is 3. The third kappa shape index (κ3) is 3.71. The van der Waals surface area contributed by atoms with E-state index in [1.165, 1.54) is 18.4 Å². The normalized spacial score (nSPS) is 12.7. The largest absolute Gasteiger partial charge is 0.467 e. The lowest BCUT2D eigenvalue weighted by Crippen LogP contribution is -2.31. The Morgan fingerprint density at radius 2 is 2.08 bits per heavy atom. The van der Waals surface area contributed by atoms with Crippen LogP contribution in [0.3, 0.4) is 0 Å². The second-order valence-electron chi connectivity index (χ2n) is 4.71. The molecule has 1 amide bonds. The topological polar surface area (TPSA) is 106 Å². The van der Waals surface area contributed by atoms with Gasteiger partial charge in [-0.1, -0.05) is 0 Å². The van der Waals surface area contributed by atoms with Crippen molar-refractivity contribution in [1.82, 2.24) is 5.32 Å². The zero-order valence-electron chi connectivity index (χ0n) is 11.9. The average molecular weight is 344 g/mol. The number of nitro groups is 1. The van der Waals surface area contributed by atoms with Gasteiger partial charge in [-0.15, -0.1) is 0 Å². The van der Waals surface area contributed by atoms with Crippen LogP contribution in [-0.2, 0) is 6.18 Å². The number of hydrogen-bond acceptors (Lipinski definition) is 5. The predicted octanol–water partition coefficient (Wildman–Crippen LogP) is 2.67. The van der Waals surface area contributed by atoms with Crippen molar-refractivity contribution in [2.45, 2.75) is 12.2 Å². The molecule has 2 rings (SSSR count). The van der Waals surface area contributed by atoms with Crippen molar-refractivity contribution in [3.8, 4) is 0 Å². The minimum absolute atomic E-state index is 0.195. The number of benzene rings is 1. The smallest absolute Gasteiger partial charge is 0.416 e. The molecule has 0 radical (unpaired) electrons. The fourth-order valence-electron chi connectivity index (χ4n) is 1.98. The molecule has 0 aliphatic heterocycles. The molecule has 1 heterocycles. The molecular formula is C14H11F3N2O5. The zero-order chi connectivity index (χ0) is 17.9. The van der Waals surface area contributed by atoms with Crippen molar-refractivity contribution in [2.24, 2.45) is 0 Å². The van der Waals surface area contributed by atoms with Crippen molar-refractivity contribution in [3.63, 3.8) is 0 Å². The van der Waals surface area contributed by atoms with Gasteiger partial charge < -0.3 is 14.8 Å². The van der Waals surface area contributed by atoms with E-state index >= 15 is 0 Å². The summed E-state index contributed by atoms with van der Waals surface area (Å²) in [5, 5.41) is 22.5. The number of aliphatic hydroxyl groups excluding tert-OH is 1. The second kappa shape index (κ2) is 6.71. The Kier molecular flexibility index (Phi) is 4.88. The number of amides is 1. The lowest BCUT2D eigenvalue weighted by Gasteiger charge is -2.14. The standard InChI is InChI=1S/C14H11F3N2O5/c15-14(16,17)8-3-4-9(11(6-8)19(22)23)13(21)18-10(7-20)12-2-1-5-24-12/h1-6,10,20H,7H2,(H,18,21). The van der Waals surface area contributed by atoms with E-state index in [0.29, 0.717) is 12.1 Å². The average Bonchev–Trinajstić information content (AvgIpc) is 3.05. The molecule has 1 aromatic heterocycles. The number of rotatable bonds is 5. The van der Waals surface area contributed by atoms with Crippen molar-refractivity contribution in [1.29, 1.82) is 0 Å². The van der Waals surface area contributed by atoms with Crippen molar-refractivity contribution >= 4 is 11.6 Å². The highest BCUT2D eigenvalue weighted by Gasteiger charge is 2.34. The summed E-state index contributed by atoms with van der Waals surface area (Å²) in [6.45, 7) is -0.562. The number of nitrogens with one attached hydrogen (secondary N) is 1. The highest BCUT2D eigenvalue weighted by Crippen LogP contribution is 2.33. The number of nitro benzene ring substituents is 1. The maximum Gasteiger partial charge on any atom is 0.416 e. The van der Waals surface area contributed by atoms with Gasteiger partial charge in [0, 0.05) is 6.07 Å². The van der Waals surface area contributed by atoms with Crippen LogP contribution in [0.15, 0.2) is 41.0 Å². The van der Waals surface area contributed by atoms with Crippen LogP contribution >= 0.6 is 0 Å². The molecule has 10 heteroatoms. The van der Waals surface area contributed by atoms with Crippen LogP contribution in [0, 0.1) is 10.1 Å². The van der Waals surface area contributed by atoms with Crippen molar-refractivity contribution in [3.05, 3.63) is 63.6 Å². The van der Waals surface area contributed by atoms with Gasteiger partial charge in [0.15, 0.2) is 0 Å². The van der Waals surface area contributed by atoms with E-state index in [2.05, 4.69) is 5.32 Å². The fraction of sp³-hybridized carbons (Fsp3) is 0.214. The van der Waals surface area contributed by atoms with E-state index in [1.54, 1.807) is 0 Å². The van der Waals surface area contributed by atoms with Gasteiger partial charge in [0.2, 0.25) is 0 Å². The van der Waals surface area contributed by atoms with Crippen LogP contribution in [0.4, 0.5) is 18.9 Å². The number of aliphatic hydroxyl groups is 1. The molecule has 0 saturated heterocycles. The minimum atomic E-state index is -4.78. The van der Waals surface area contributed by atoms with E-state index in [-0.39, 0.29) is 11.8 Å². The Morgan fingerprint density at radius 3 is 2.58 bits per heavy atom. The van der Waals surface area contributed by atoms with Crippen molar-refractivity contribution in [2.75, 3.05) is 6.61 Å². The number of nitrogens with zero attached hydrogens (tertiary/aromatic N) is 1. The summed E-state index contributed by atoms with van der Waals surface area (Å²) in [7, 11) is 0. The molecule has 0 aliphatic carbocycles. The first-order valence-corrected chi connectivity index (χ1v) is 6.54. The molecule has 2 N–H and O–H groups in total. The van der Waals surface area contributed by atoms with Gasteiger partial charge in [-0.25, -0.2) is 0 Å². The lowest BCUT2D eigenvalue weighted by molar-refractivity contribution is -0.385. The molecule has 0 fully saturated rings. The summed E-state index contributed by atoms with van der Waals surface area (Å²) in [6.07, 6.45) is -3.48. The molecule has 1 aromatic carbocycles. The van der Waals surface area contributed by atoms with Crippen LogP contribution < -0.4 is 5.32 Å². The van der Waals surface area contributed by atoms with Gasteiger partial charge in [-0.05, 0) is 24.3 Å². The Hall–Kier alpha value is -2.88. The number of carbonyl (C=O) groups is 1. The van der Waals surface area contributed by atoms with Crippen LogP contribution in [0.2, 0.25) is 0 Å². The molecule has 128 valence electrons. The third-order valence-electron chi connectivity index (χ3n) is 3.14. The fourth-order valence-corrected chi connectivity index (χ4v) is 1.98. The first kappa shape index (κ1) is 17.5. The summed E-state index contributed by atoms with van der Waals surface area (Å²) < 4.78 is 42.9. The summed E-state index contributed by atoms with van der Waals surface area (Å²) >= 11 is 0. The van der Waals surface area contributed by atoms with Gasteiger partial charge in [-0.2, -0.15) is 13.2 Å². The van der Waals surface area contributed by atoms with E-state index in [4.69, 9.17) is 4.42 Å². The van der Waals surface area contributed by atoms with Gasteiger partial charge in [-0.3, -0.25) is 14.9 Å². The first-order valence-electron chi connectivity index (χ1n) is 6.54. The van der Waals surface area contributed by atoms with Crippen LogP contribution in [-0.4, -0.2) is 22.5 Å². The number of carbonyl (C=O) groups excluding carboxylic acids is 1. The highest BCUT2D eigenvalue weighted by molar-refractivity contribution is 5.98. The highest BCUT2D eigenvalue weighted by atomic mass is 19.4. The lowest BCUT2D eigenvalue weighted by atomic mass is 10.1. The number of alkyl halides is 3. The number of hydrogen-bond donors (Lipinski definition) is 2. The molecule has 1 unspecified atom stereocenters. The molecule has 0 spiro atoms. The number of furan rings is 1. The first-order chi connectivity index (χ1) is 11.2.